The van der Waals surface area contributed by atoms with Gasteiger partial charge in [0.2, 0.25) is 5.91 Å². The number of thiazole rings is 1. The molecule has 1 aliphatic heterocycles. The van der Waals surface area contributed by atoms with Crippen LogP contribution in [0.25, 0.3) is 21.6 Å². The van der Waals surface area contributed by atoms with E-state index in [9.17, 15) is 4.79 Å². The Balaban J connectivity index is 1.32. The maximum atomic E-state index is 13.3. The van der Waals surface area contributed by atoms with Crippen LogP contribution in [0.2, 0.25) is 5.02 Å². The highest BCUT2D eigenvalue weighted by Gasteiger charge is 2.30. The van der Waals surface area contributed by atoms with Crippen LogP contribution < -0.4 is 0 Å². The molecule has 33 heavy (non-hydrogen) atoms. The molecular formula is C24H24ClN5OS2. The van der Waals surface area contributed by atoms with Crippen LogP contribution in [0.15, 0.2) is 53.7 Å². The molecule has 0 unspecified atom stereocenters. The zero-order valence-electron chi connectivity index (χ0n) is 18.3. The summed E-state index contributed by atoms with van der Waals surface area (Å²) < 4.78 is 3.22. The molecule has 1 saturated heterocycles. The largest absolute Gasteiger partial charge is 0.332 e. The first kappa shape index (κ1) is 22.4. The van der Waals surface area contributed by atoms with Gasteiger partial charge in [0.25, 0.3) is 0 Å². The van der Waals surface area contributed by atoms with Crippen molar-refractivity contribution >= 4 is 50.8 Å². The fraction of sp³-hybridized carbons (Fsp3) is 0.333. The topological polar surface area (TPSA) is 63.9 Å². The molecule has 0 aliphatic carbocycles. The van der Waals surface area contributed by atoms with E-state index in [4.69, 9.17) is 16.6 Å². The van der Waals surface area contributed by atoms with E-state index in [0.29, 0.717) is 10.8 Å². The van der Waals surface area contributed by atoms with E-state index in [2.05, 4.69) is 23.2 Å². The van der Waals surface area contributed by atoms with E-state index in [1.54, 1.807) is 11.3 Å². The number of hydrogen-bond acceptors (Lipinski definition) is 6. The number of aromatic nitrogens is 4. The average molecular weight is 498 g/mol. The van der Waals surface area contributed by atoms with Gasteiger partial charge in [-0.1, -0.05) is 35.5 Å². The molecule has 1 atom stereocenters. The van der Waals surface area contributed by atoms with Gasteiger partial charge in [-0.2, -0.15) is 0 Å². The molecule has 170 valence electrons. The van der Waals surface area contributed by atoms with Crippen molar-refractivity contribution in [3.63, 3.8) is 0 Å². The SMILES string of the molecule is CCn1c(SCC(=O)N2CCCC[C@@H]2c2nc3ccccc3s2)nnc1-c1ccc(Cl)cc1. The maximum absolute atomic E-state index is 13.3. The number of fused-ring (bicyclic) bond motifs is 1. The molecule has 2 aromatic carbocycles. The molecule has 4 aromatic rings. The van der Waals surface area contributed by atoms with Crippen LogP contribution in [0.4, 0.5) is 0 Å². The number of para-hydroxylation sites is 1. The molecule has 6 nitrogen and oxygen atoms in total. The Hall–Kier alpha value is -2.42. The lowest BCUT2D eigenvalue weighted by molar-refractivity contribution is -0.132. The summed E-state index contributed by atoms with van der Waals surface area (Å²) in [5.41, 5.74) is 1.97. The first-order chi connectivity index (χ1) is 16.1. The van der Waals surface area contributed by atoms with Crippen molar-refractivity contribution < 1.29 is 4.79 Å². The van der Waals surface area contributed by atoms with Gasteiger partial charge in [0, 0.05) is 23.7 Å². The quantitative estimate of drug-likeness (QED) is 0.302. The number of carbonyl (C=O) groups is 1. The standard InChI is InChI=1S/C24H24ClN5OS2/c1-2-29-22(16-10-12-17(25)13-11-16)27-28-24(29)32-15-21(31)30-14-6-5-8-19(30)23-26-18-7-3-4-9-20(18)33-23/h3-4,7,9-13,19H,2,5-6,8,14-15H2,1H3/t19-/m1/s1. The third-order valence-electron chi connectivity index (χ3n) is 5.88. The van der Waals surface area contributed by atoms with Crippen LogP contribution in [0, 0.1) is 0 Å². The van der Waals surface area contributed by atoms with Gasteiger partial charge in [-0.25, -0.2) is 4.98 Å². The first-order valence-electron chi connectivity index (χ1n) is 11.1. The second-order valence-corrected chi connectivity index (χ2v) is 10.4. The average Bonchev–Trinajstić information content (AvgIpc) is 3.47. The smallest absolute Gasteiger partial charge is 0.233 e. The highest BCUT2D eigenvalue weighted by atomic mass is 35.5. The third-order valence-corrected chi connectivity index (χ3v) is 8.22. The lowest BCUT2D eigenvalue weighted by Crippen LogP contribution is -2.39. The van der Waals surface area contributed by atoms with Gasteiger partial charge >= 0.3 is 0 Å². The van der Waals surface area contributed by atoms with Gasteiger partial charge in [-0.15, -0.1) is 21.5 Å². The van der Waals surface area contributed by atoms with Crippen LogP contribution in [-0.2, 0) is 11.3 Å². The van der Waals surface area contributed by atoms with Gasteiger partial charge in [-0.3, -0.25) is 4.79 Å². The highest BCUT2D eigenvalue weighted by molar-refractivity contribution is 7.99. The monoisotopic (exact) mass is 497 g/mol. The van der Waals surface area contributed by atoms with Crippen molar-refractivity contribution in [2.24, 2.45) is 0 Å². The summed E-state index contributed by atoms with van der Waals surface area (Å²) in [6, 6.07) is 15.8. The Morgan fingerprint density at radius 2 is 1.97 bits per heavy atom. The summed E-state index contributed by atoms with van der Waals surface area (Å²) in [6.45, 7) is 3.55. The molecule has 5 rings (SSSR count). The number of nitrogens with zero attached hydrogens (tertiary/aromatic N) is 5. The van der Waals surface area contributed by atoms with Crippen molar-refractivity contribution in [1.82, 2.24) is 24.6 Å². The predicted molar refractivity (Wildman–Crippen MR) is 135 cm³/mol. The minimum atomic E-state index is 0.0536. The molecule has 0 saturated carbocycles. The fourth-order valence-corrected chi connectivity index (χ4v) is 6.35. The zero-order chi connectivity index (χ0) is 22.8. The van der Waals surface area contributed by atoms with Gasteiger partial charge in [0.05, 0.1) is 22.0 Å². The minimum Gasteiger partial charge on any atom is -0.332 e. The molecule has 0 bridgehead atoms. The van der Waals surface area contributed by atoms with E-state index >= 15 is 0 Å². The van der Waals surface area contributed by atoms with E-state index in [-0.39, 0.29) is 11.9 Å². The van der Waals surface area contributed by atoms with E-state index < -0.39 is 0 Å². The molecule has 9 heteroatoms. The second-order valence-electron chi connectivity index (χ2n) is 7.96. The van der Waals surface area contributed by atoms with Crippen LogP contribution in [0.5, 0.6) is 0 Å². The molecule has 2 aromatic heterocycles. The summed E-state index contributed by atoms with van der Waals surface area (Å²) in [4.78, 5) is 20.1. The fourth-order valence-electron chi connectivity index (χ4n) is 4.22. The summed E-state index contributed by atoms with van der Waals surface area (Å²) in [5.74, 6) is 1.25. The van der Waals surface area contributed by atoms with Crippen LogP contribution >= 0.6 is 34.7 Å². The molecule has 1 fully saturated rings. The normalized spacial score (nSPS) is 16.4. The predicted octanol–water partition coefficient (Wildman–Crippen LogP) is 6.07. The number of benzene rings is 2. The van der Waals surface area contributed by atoms with E-state index in [1.165, 1.54) is 16.5 Å². The van der Waals surface area contributed by atoms with Crippen LogP contribution in [0.1, 0.15) is 37.2 Å². The lowest BCUT2D eigenvalue weighted by atomic mass is 10.0. The Bertz CT molecular complexity index is 1240. The molecule has 0 radical (unpaired) electrons. The van der Waals surface area contributed by atoms with Gasteiger partial charge in [0.15, 0.2) is 11.0 Å². The van der Waals surface area contributed by atoms with Crippen molar-refractivity contribution in [3.05, 3.63) is 58.6 Å². The third kappa shape index (κ3) is 4.65. The highest BCUT2D eigenvalue weighted by Crippen LogP contribution is 2.36. The number of halogens is 1. The molecule has 0 N–H and O–H groups in total. The van der Waals surface area contributed by atoms with E-state index in [1.807, 2.05) is 51.9 Å². The summed E-state index contributed by atoms with van der Waals surface area (Å²) >= 11 is 9.17. The lowest BCUT2D eigenvalue weighted by Gasteiger charge is -2.34. The molecule has 1 aliphatic rings. The number of thioether (sulfide) groups is 1. The first-order valence-corrected chi connectivity index (χ1v) is 13.3. The van der Waals surface area contributed by atoms with Gasteiger partial charge in [0.1, 0.15) is 5.01 Å². The summed E-state index contributed by atoms with van der Waals surface area (Å²) in [5, 5.41) is 11.2. The Kier molecular flexibility index (Phi) is 6.66. The molecule has 3 heterocycles. The number of hydrogen-bond donors (Lipinski definition) is 0. The number of carbonyl (C=O) groups excluding carboxylic acids is 1. The molecule has 0 spiro atoms. The van der Waals surface area contributed by atoms with Crippen LogP contribution in [-0.4, -0.2) is 42.9 Å². The van der Waals surface area contributed by atoms with Crippen molar-refractivity contribution in [2.45, 2.75) is 43.9 Å². The maximum Gasteiger partial charge on any atom is 0.233 e. The number of piperidine rings is 1. The Labute approximate surface area is 206 Å². The Morgan fingerprint density at radius 1 is 1.15 bits per heavy atom. The second kappa shape index (κ2) is 9.83. The van der Waals surface area contributed by atoms with Gasteiger partial charge in [-0.05, 0) is 62.6 Å². The zero-order valence-corrected chi connectivity index (χ0v) is 20.7. The molecular weight excluding hydrogens is 474 g/mol. The van der Waals surface area contributed by atoms with Crippen molar-refractivity contribution in [3.8, 4) is 11.4 Å². The number of likely N-dealkylation sites (tertiary alicyclic amines) is 1. The van der Waals surface area contributed by atoms with E-state index in [0.717, 1.165) is 59.4 Å². The number of amides is 1. The Morgan fingerprint density at radius 3 is 2.76 bits per heavy atom. The number of rotatable bonds is 6. The molecule has 1 amide bonds. The minimum absolute atomic E-state index is 0.0536. The summed E-state index contributed by atoms with van der Waals surface area (Å²) in [7, 11) is 0. The van der Waals surface area contributed by atoms with Gasteiger partial charge < -0.3 is 9.47 Å². The van der Waals surface area contributed by atoms with Crippen molar-refractivity contribution in [2.75, 3.05) is 12.3 Å². The van der Waals surface area contributed by atoms with Crippen molar-refractivity contribution in [1.29, 1.82) is 0 Å². The van der Waals surface area contributed by atoms with Crippen LogP contribution in [0.3, 0.4) is 0 Å². The summed E-state index contributed by atoms with van der Waals surface area (Å²) in [6.07, 6.45) is 3.11.